The smallest absolute Gasteiger partial charge is 0.303 e. The first-order valence-corrected chi connectivity index (χ1v) is 8.33. The van der Waals surface area contributed by atoms with Gasteiger partial charge < -0.3 is 10.4 Å². The zero-order chi connectivity index (χ0) is 15.2. The second-order valence-corrected chi connectivity index (χ2v) is 7.22. The summed E-state index contributed by atoms with van der Waals surface area (Å²) in [4.78, 5) is 26.7. The number of carbonyl (C=O) groups excluding carboxylic acids is 1. The first-order valence-electron chi connectivity index (χ1n) is 6.30. The van der Waals surface area contributed by atoms with Gasteiger partial charge in [0.15, 0.2) is 0 Å². The van der Waals surface area contributed by atoms with Crippen molar-refractivity contribution in [3.05, 3.63) is 16.1 Å². The molecular formula is C13H20N2O3S2. The molecule has 0 radical (unpaired) electrons. The van der Waals surface area contributed by atoms with Crippen LogP contribution in [0.5, 0.6) is 0 Å². The number of amides is 1. The third-order valence-corrected chi connectivity index (χ3v) is 4.38. The normalized spacial score (nSPS) is 11.3. The highest BCUT2D eigenvalue weighted by Gasteiger charge is 2.21. The fourth-order valence-corrected chi connectivity index (χ4v) is 3.05. The summed E-state index contributed by atoms with van der Waals surface area (Å²) in [6.45, 7) is 5.63. The molecule has 0 saturated carbocycles. The van der Waals surface area contributed by atoms with E-state index in [1.165, 1.54) is 11.8 Å². The Bertz CT molecular complexity index is 472. The molecule has 7 heteroatoms. The molecule has 1 heterocycles. The number of nitrogens with zero attached hydrogens (tertiary/aromatic N) is 1. The van der Waals surface area contributed by atoms with E-state index in [1.807, 2.05) is 26.2 Å². The number of hydrogen-bond acceptors (Lipinski definition) is 5. The molecule has 0 bridgehead atoms. The molecule has 0 atom stereocenters. The maximum Gasteiger partial charge on any atom is 0.303 e. The lowest BCUT2D eigenvalue weighted by Gasteiger charge is -2.25. The van der Waals surface area contributed by atoms with Gasteiger partial charge >= 0.3 is 5.97 Å². The summed E-state index contributed by atoms with van der Waals surface area (Å²) < 4.78 is 0. The zero-order valence-corrected chi connectivity index (χ0v) is 13.6. The van der Waals surface area contributed by atoms with Crippen molar-refractivity contribution >= 4 is 35.0 Å². The number of rotatable bonds is 8. The average molecular weight is 316 g/mol. The van der Waals surface area contributed by atoms with Crippen LogP contribution in [0.1, 0.15) is 37.4 Å². The highest BCUT2D eigenvalue weighted by molar-refractivity contribution is 7.99. The fraction of sp³-hybridized carbons (Fsp3) is 0.615. The summed E-state index contributed by atoms with van der Waals surface area (Å²) >= 11 is 3.11. The molecule has 0 fully saturated rings. The quantitative estimate of drug-likeness (QED) is 0.770. The highest BCUT2D eigenvalue weighted by atomic mass is 32.2. The Balaban J connectivity index is 2.27. The third-order valence-electron chi connectivity index (χ3n) is 2.59. The van der Waals surface area contributed by atoms with Crippen molar-refractivity contribution in [1.82, 2.24) is 10.3 Å². The number of thiazole rings is 1. The van der Waals surface area contributed by atoms with Crippen LogP contribution in [0.4, 0.5) is 0 Å². The van der Waals surface area contributed by atoms with Gasteiger partial charge in [-0.3, -0.25) is 9.59 Å². The van der Waals surface area contributed by atoms with Crippen LogP contribution in [0.3, 0.4) is 0 Å². The first-order chi connectivity index (χ1) is 9.28. The van der Waals surface area contributed by atoms with Crippen LogP contribution in [-0.2, 0) is 15.3 Å². The van der Waals surface area contributed by atoms with E-state index in [0.29, 0.717) is 17.9 Å². The van der Waals surface area contributed by atoms with Crippen molar-refractivity contribution in [1.29, 1.82) is 0 Å². The summed E-state index contributed by atoms with van der Waals surface area (Å²) in [5, 5.41) is 14.5. The average Bonchev–Trinajstić information content (AvgIpc) is 2.72. The lowest BCUT2D eigenvalue weighted by molar-refractivity contribution is -0.137. The molecule has 20 heavy (non-hydrogen) atoms. The first kappa shape index (κ1) is 17.0. The molecule has 5 nitrogen and oxygen atoms in total. The van der Waals surface area contributed by atoms with E-state index in [9.17, 15) is 9.59 Å². The van der Waals surface area contributed by atoms with Gasteiger partial charge in [0.05, 0.1) is 16.5 Å². The largest absolute Gasteiger partial charge is 0.481 e. The monoisotopic (exact) mass is 316 g/mol. The standard InChI is InChI=1S/C13H20N2O3S2/c1-9-14-10(7-20-9)6-19-8-11(16)15-13(2,3)5-4-12(17)18/h7H,4-6,8H2,1-3H3,(H,15,16)(H,17,18). The molecule has 1 aromatic heterocycles. The summed E-state index contributed by atoms with van der Waals surface area (Å²) in [6.07, 6.45) is 0.475. The van der Waals surface area contributed by atoms with E-state index in [2.05, 4.69) is 10.3 Å². The van der Waals surface area contributed by atoms with Gasteiger partial charge in [0.1, 0.15) is 0 Å². The molecule has 0 aliphatic rings. The van der Waals surface area contributed by atoms with Gasteiger partial charge in [-0.1, -0.05) is 0 Å². The number of aromatic nitrogens is 1. The van der Waals surface area contributed by atoms with Crippen LogP contribution in [0.15, 0.2) is 5.38 Å². The number of carboxylic acid groups (broad SMARTS) is 1. The lowest BCUT2D eigenvalue weighted by atomic mass is 9.98. The van der Waals surface area contributed by atoms with Gasteiger partial charge in [0.2, 0.25) is 5.91 Å². The number of aliphatic carboxylic acids is 1. The SMILES string of the molecule is Cc1nc(CSCC(=O)NC(C)(C)CCC(=O)O)cs1. The highest BCUT2D eigenvalue weighted by Crippen LogP contribution is 2.16. The molecular weight excluding hydrogens is 296 g/mol. The Kier molecular flexibility index (Phi) is 6.48. The molecule has 0 unspecified atom stereocenters. The maximum absolute atomic E-state index is 11.8. The Morgan fingerprint density at radius 3 is 2.75 bits per heavy atom. The van der Waals surface area contributed by atoms with Crippen molar-refractivity contribution in [2.24, 2.45) is 0 Å². The molecule has 1 amide bonds. The maximum atomic E-state index is 11.8. The van der Waals surface area contributed by atoms with E-state index >= 15 is 0 Å². The molecule has 0 saturated heterocycles. The van der Waals surface area contributed by atoms with E-state index in [1.54, 1.807) is 11.3 Å². The molecule has 0 aliphatic heterocycles. The predicted molar refractivity (Wildman–Crippen MR) is 82.1 cm³/mol. The number of hydrogen-bond donors (Lipinski definition) is 2. The van der Waals surface area contributed by atoms with Crippen molar-refractivity contribution < 1.29 is 14.7 Å². The molecule has 0 aromatic carbocycles. The Hall–Kier alpha value is -1.08. The van der Waals surface area contributed by atoms with Crippen molar-refractivity contribution in [3.8, 4) is 0 Å². The van der Waals surface area contributed by atoms with Gasteiger partial charge in [-0.25, -0.2) is 4.98 Å². The molecule has 0 aliphatic carbocycles. The number of aryl methyl sites for hydroxylation is 1. The fourth-order valence-electron chi connectivity index (χ4n) is 1.62. The van der Waals surface area contributed by atoms with Gasteiger partial charge in [-0.15, -0.1) is 23.1 Å². The van der Waals surface area contributed by atoms with Crippen molar-refractivity contribution in [2.75, 3.05) is 5.75 Å². The van der Waals surface area contributed by atoms with Crippen molar-refractivity contribution in [3.63, 3.8) is 0 Å². The second kappa shape index (κ2) is 7.64. The molecule has 2 N–H and O–H groups in total. The van der Waals surface area contributed by atoms with Crippen LogP contribution in [0.2, 0.25) is 0 Å². The molecule has 112 valence electrons. The summed E-state index contributed by atoms with van der Waals surface area (Å²) in [5.41, 5.74) is 0.503. The molecule has 1 aromatic rings. The summed E-state index contributed by atoms with van der Waals surface area (Å²) in [6, 6.07) is 0. The summed E-state index contributed by atoms with van der Waals surface area (Å²) in [5.74, 6) is 0.151. The number of carbonyl (C=O) groups is 2. The van der Waals surface area contributed by atoms with E-state index < -0.39 is 11.5 Å². The number of thioether (sulfide) groups is 1. The van der Waals surface area contributed by atoms with Crippen LogP contribution in [0, 0.1) is 6.92 Å². The Morgan fingerprint density at radius 2 is 2.20 bits per heavy atom. The van der Waals surface area contributed by atoms with Crippen LogP contribution < -0.4 is 5.32 Å². The van der Waals surface area contributed by atoms with Gasteiger partial charge in [-0.2, -0.15) is 0 Å². The second-order valence-electron chi connectivity index (χ2n) is 5.18. The van der Waals surface area contributed by atoms with Crippen LogP contribution >= 0.6 is 23.1 Å². The minimum absolute atomic E-state index is 0.0541. The molecule has 1 rings (SSSR count). The minimum atomic E-state index is -0.847. The lowest BCUT2D eigenvalue weighted by Crippen LogP contribution is -2.44. The topological polar surface area (TPSA) is 79.3 Å². The Labute approximate surface area is 127 Å². The van der Waals surface area contributed by atoms with Crippen molar-refractivity contribution in [2.45, 2.75) is 44.9 Å². The van der Waals surface area contributed by atoms with Gasteiger partial charge in [0, 0.05) is 23.1 Å². The predicted octanol–water partition coefficient (Wildman–Crippen LogP) is 2.44. The van der Waals surface area contributed by atoms with E-state index in [0.717, 1.165) is 10.7 Å². The Morgan fingerprint density at radius 1 is 1.50 bits per heavy atom. The zero-order valence-electron chi connectivity index (χ0n) is 11.9. The molecule has 0 spiro atoms. The van der Waals surface area contributed by atoms with Gasteiger partial charge in [-0.05, 0) is 27.2 Å². The number of nitrogens with one attached hydrogen (secondary N) is 1. The minimum Gasteiger partial charge on any atom is -0.481 e. The number of carboxylic acids is 1. The summed E-state index contributed by atoms with van der Waals surface area (Å²) in [7, 11) is 0. The van der Waals surface area contributed by atoms with Gasteiger partial charge in [0.25, 0.3) is 0 Å². The van der Waals surface area contributed by atoms with E-state index in [4.69, 9.17) is 5.11 Å². The van der Waals surface area contributed by atoms with Crippen LogP contribution in [-0.4, -0.2) is 33.3 Å². The van der Waals surface area contributed by atoms with E-state index in [-0.39, 0.29) is 12.3 Å². The van der Waals surface area contributed by atoms with Crippen LogP contribution in [0.25, 0.3) is 0 Å². The third kappa shape index (κ3) is 6.91.